The van der Waals surface area contributed by atoms with E-state index in [-0.39, 0.29) is 18.1 Å². The monoisotopic (exact) mass is 449 g/mol. The summed E-state index contributed by atoms with van der Waals surface area (Å²) in [7, 11) is 2.12. The summed E-state index contributed by atoms with van der Waals surface area (Å²) >= 11 is 13.1. The number of hydrogen-bond acceptors (Lipinski definition) is 4. The van der Waals surface area contributed by atoms with Crippen molar-refractivity contribution in [2.45, 2.75) is 45.2 Å². The van der Waals surface area contributed by atoms with E-state index in [9.17, 15) is 4.79 Å². The zero-order chi connectivity index (χ0) is 21.7. The van der Waals surface area contributed by atoms with Crippen LogP contribution in [0.15, 0.2) is 30.7 Å². The SMILES string of the molecule is CCCN(C(=O)NC(C)c1ccc(-c2cnccn2)c(Cl)c1Cl)C1CCN(C)CC1. The van der Waals surface area contributed by atoms with Crippen molar-refractivity contribution < 1.29 is 4.79 Å². The fourth-order valence-corrected chi connectivity index (χ4v) is 4.48. The number of carbonyl (C=O) groups is 1. The fourth-order valence-electron chi connectivity index (χ4n) is 3.88. The molecule has 162 valence electrons. The van der Waals surface area contributed by atoms with Crippen molar-refractivity contribution in [2.24, 2.45) is 0 Å². The molecule has 0 spiro atoms. The zero-order valence-electron chi connectivity index (χ0n) is 17.7. The molecule has 30 heavy (non-hydrogen) atoms. The van der Waals surface area contributed by atoms with Gasteiger partial charge >= 0.3 is 6.03 Å². The summed E-state index contributed by atoms with van der Waals surface area (Å²) in [5.41, 5.74) is 2.16. The molecule has 1 N–H and O–H groups in total. The second-order valence-electron chi connectivity index (χ2n) is 7.82. The molecule has 0 radical (unpaired) electrons. The molecule has 1 fully saturated rings. The number of benzene rings is 1. The molecule has 1 atom stereocenters. The van der Waals surface area contributed by atoms with Gasteiger partial charge in [0.05, 0.1) is 28.0 Å². The van der Waals surface area contributed by atoms with Crippen LogP contribution in [0.4, 0.5) is 4.79 Å². The Morgan fingerprint density at radius 1 is 1.27 bits per heavy atom. The van der Waals surface area contributed by atoms with Gasteiger partial charge in [-0.1, -0.05) is 42.3 Å². The maximum absolute atomic E-state index is 13.1. The van der Waals surface area contributed by atoms with Gasteiger partial charge in [0.25, 0.3) is 0 Å². The highest BCUT2D eigenvalue weighted by Gasteiger charge is 2.28. The first kappa shape index (κ1) is 22.8. The van der Waals surface area contributed by atoms with Crippen molar-refractivity contribution in [3.8, 4) is 11.3 Å². The smallest absolute Gasteiger partial charge is 0.318 e. The highest BCUT2D eigenvalue weighted by molar-refractivity contribution is 6.44. The van der Waals surface area contributed by atoms with Gasteiger partial charge in [-0.25, -0.2) is 4.79 Å². The van der Waals surface area contributed by atoms with Crippen LogP contribution in [0.5, 0.6) is 0 Å². The number of urea groups is 1. The molecule has 0 saturated carbocycles. The quantitative estimate of drug-likeness (QED) is 0.671. The average Bonchev–Trinajstić information content (AvgIpc) is 2.75. The predicted molar refractivity (Wildman–Crippen MR) is 122 cm³/mol. The summed E-state index contributed by atoms with van der Waals surface area (Å²) in [5.74, 6) is 0. The zero-order valence-corrected chi connectivity index (χ0v) is 19.2. The molecule has 0 bridgehead atoms. The van der Waals surface area contributed by atoms with E-state index in [0.29, 0.717) is 15.7 Å². The van der Waals surface area contributed by atoms with Crippen LogP contribution in [0.3, 0.4) is 0 Å². The van der Waals surface area contributed by atoms with Crippen molar-refractivity contribution >= 4 is 29.2 Å². The normalized spacial score (nSPS) is 16.3. The molecule has 2 aromatic rings. The van der Waals surface area contributed by atoms with Crippen molar-refractivity contribution in [3.05, 3.63) is 46.3 Å². The Hall–Kier alpha value is -1.89. The molecule has 1 aromatic carbocycles. The van der Waals surface area contributed by atoms with E-state index >= 15 is 0 Å². The van der Waals surface area contributed by atoms with E-state index in [0.717, 1.165) is 50.0 Å². The number of nitrogens with one attached hydrogen (secondary N) is 1. The molecule has 1 aliphatic rings. The Balaban J connectivity index is 1.75. The molecule has 1 unspecified atom stereocenters. The lowest BCUT2D eigenvalue weighted by Crippen LogP contribution is -2.50. The van der Waals surface area contributed by atoms with Gasteiger partial charge in [-0.3, -0.25) is 9.97 Å². The Labute approximate surface area is 188 Å². The first-order valence-corrected chi connectivity index (χ1v) is 11.2. The molecule has 2 heterocycles. The van der Waals surface area contributed by atoms with Gasteiger partial charge in [0.1, 0.15) is 0 Å². The van der Waals surface area contributed by atoms with E-state index < -0.39 is 0 Å². The minimum atomic E-state index is -0.274. The van der Waals surface area contributed by atoms with Crippen LogP contribution >= 0.6 is 23.2 Å². The van der Waals surface area contributed by atoms with Gasteiger partial charge in [0.2, 0.25) is 0 Å². The third-order valence-corrected chi connectivity index (χ3v) is 6.51. The van der Waals surface area contributed by atoms with E-state index in [4.69, 9.17) is 23.2 Å². The van der Waals surface area contributed by atoms with Crippen molar-refractivity contribution in [3.63, 3.8) is 0 Å². The lowest BCUT2D eigenvalue weighted by molar-refractivity contribution is 0.129. The van der Waals surface area contributed by atoms with Crippen molar-refractivity contribution in [2.75, 3.05) is 26.7 Å². The number of nitrogens with zero attached hydrogens (tertiary/aromatic N) is 4. The summed E-state index contributed by atoms with van der Waals surface area (Å²) in [5, 5.41) is 3.96. The van der Waals surface area contributed by atoms with Crippen molar-refractivity contribution in [1.29, 1.82) is 0 Å². The van der Waals surface area contributed by atoms with Gasteiger partial charge in [0.15, 0.2) is 0 Å². The van der Waals surface area contributed by atoms with E-state index in [1.165, 1.54) is 0 Å². The summed E-state index contributed by atoms with van der Waals surface area (Å²) in [4.78, 5) is 25.7. The van der Waals surface area contributed by atoms with Crippen LogP contribution < -0.4 is 5.32 Å². The number of likely N-dealkylation sites (tertiary alicyclic amines) is 1. The first-order valence-electron chi connectivity index (χ1n) is 10.4. The topological polar surface area (TPSA) is 61.4 Å². The van der Waals surface area contributed by atoms with E-state index in [1.54, 1.807) is 18.6 Å². The molecule has 8 heteroatoms. The van der Waals surface area contributed by atoms with Crippen LogP contribution in [-0.4, -0.2) is 58.5 Å². The third-order valence-electron chi connectivity index (χ3n) is 5.61. The second-order valence-corrected chi connectivity index (χ2v) is 8.58. The van der Waals surface area contributed by atoms with Gasteiger partial charge in [-0.2, -0.15) is 0 Å². The maximum atomic E-state index is 13.1. The molecule has 6 nitrogen and oxygen atoms in total. The number of amides is 2. The molecular formula is C22H29Cl2N5O. The molecular weight excluding hydrogens is 421 g/mol. The van der Waals surface area contributed by atoms with Crippen LogP contribution in [0.25, 0.3) is 11.3 Å². The number of aromatic nitrogens is 2. The first-order chi connectivity index (χ1) is 14.4. The summed E-state index contributed by atoms with van der Waals surface area (Å²) in [6.45, 7) is 6.79. The Kier molecular flexibility index (Phi) is 7.92. The largest absolute Gasteiger partial charge is 0.331 e. The number of carbonyl (C=O) groups excluding carboxylic acids is 1. The minimum absolute atomic E-state index is 0.0518. The number of halogens is 2. The van der Waals surface area contributed by atoms with Crippen molar-refractivity contribution in [1.82, 2.24) is 25.1 Å². The summed E-state index contributed by atoms with van der Waals surface area (Å²) < 4.78 is 0. The number of hydrogen-bond donors (Lipinski definition) is 1. The van der Waals surface area contributed by atoms with Crippen LogP contribution in [0.1, 0.15) is 44.7 Å². The van der Waals surface area contributed by atoms with Gasteiger partial charge in [-0.15, -0.1) is 0 Å². The molecule has 1 aromatic heterocycles. The third kappa shape index (κ3) is 5.23. The Morgan fingerprint density at radius 3 is 2.63 bits per heavy atom. The molecule has 0 aliphatic carbocycles. The second kappa shape index (κ2) is 10.4. The predicted octanol–water partition coefficient (Wildman–Crippen LogP) is 5.03. The Bertz CT molecular complexity index is 856. The highest BCUT2D eigenvalue weighted by Crippen LogP contribution is 2.37. The molecule has 1 aliphatic heterocycles. The van der Waals surface area contributed by atoms with Crippen LogP contribution in [0.2, 0.25) is 10.0 Å². The van der Waals surface area contributed by atoms with Gasteiger partial charge in [0, 0.05) is 30.5 Å². The molecule has 3 rings (SSSR count). The summed E-state index contributed by atoms with van der Waals surface area (Å²) in [6.07, 6.45) is 7.79. The molecule has 1 saturated heterocycles. The van der Waals surface area contributed by atoms with E-state index in [2.05, 4.69) is 34.2 Å². The van der Waals surface area contributed by atoms with Gasteiger partial charge < -0.3 is 15.1 Å². The highest BCUT2D eigenvalue weighted by atomic mass is 35.5. The number of piperidine rings is 1. The lowest BCUT2D eigenvalue weighted by Gasteiger charge is -2.37. The molecule has 2 amide bonds. The van der Waals surface area contributed by atoms with Crippen LogP contribution in [0, 0.1) is 0 Å². The number of rotatable bonds is 6. The minimum Gasteiger partial charge on any atom is -0.331 e. The summed E-state index contributed by atoms with van der Waals surface area (Å²) in [6, 6.07) is 3.71. The fraction of sp³-hybridized carbons (Fsp3) is 0.500. The van der Waals surface area contributed by atoms with Gasteiger partial charge in [-0.05, 0) is 51.9 Å². The standard InChI is InChI=1S/C22H29Cl2N5O/c1-4-11-29(16-7-12-28(3)13-8-16)22(30)27-15(2)17-5-6-18(21(24)20(17)23)19-14-25-9-10-26-19/h5-6,9-10,14-16H,4,7-8,11-13H2,1-3H3,(H,27,30). The average molecular weight is 450 g/mol. The van der Waals surface area contributed by atoms with Crippen LogP contribution in [-0.2, 0) is 0 Å². The Morgan fingerprint density at radius 2 is 2.00 bits per heavy atom. The van der Waals surface area contributed by atoms with E-state index in [1.807, 2.05) is 24.0 Å². The maximum Gasteiger partial charge on any atom is 0.318 e. The lowest BCUT2D eigenvalue weighted by atomic mass is 10.0.